The number of hydrogen-bond acceptors (Lipinski definition) is 3. The Labute approximate surface area is 137 Å². The van der Waals surface area contributed by atoms with Crippen molar-refractivity contribution in [2.45, 2.75) is 20.3 Å². The first kappa shape index (κ1) is 16.5. The van der Waals surface area contributed by atoms with Crippen LogP contribution in [0.15, 0.2) is 22.7 Å². The molecule has 0 spiro atoms. The number of benzene rings is 1. The largest absolute Gasteiger partial charge is 0.342 e. The molecule has 1 fully saturated rings. The van der Waals surface area contributed by atoms with Gasteiger partial charge in [0, 0.05) is 30.9 Å². The van der Waals surface area contributed by atoms with Crippen LogP contribution in [0.25, 0.3) is 0 Å². The molecule has 1 aromatic rings. The number of hydrogen-bond donors (Lipinski definition) is 2. The maximum absolute atomic E-state index is 12.4. The van der Waals surface area contributed by atoms with Crippen molar-refractivity contribution in [3.05, 3.63) is 22.7 Å². The SMILES string of the molecule is CCN1CC(C(=O)Nc2cc(Br)ccc2NC(C)=O)CC1=O. The summed E-state index contributed by atoms with van der Waals surface area (Å²) in [4.78, 5) is 37.0. The zero-order valence-electron chi connectivity index (χ0n) is 12.5. The number of anilines is 2. The molecule has 7 heteroatoms. The van der Waals surface area contributed by atoms with Crippen LogP contribution in [0.5, 0.6) is 0 Å². The van der Waals surface area contributed by atoms with Gasteiger partial charge in [-0.15, -0.1) is 0 Å². The molecule has 2 N–H and O–H groups in total. The molecule has 1 saturated heterocycles. The molecular weight excluding hydrogens is 350 g/mol. The second kappa shape index (κ2) is 6.91. The van der Waals surface area contributed by atoms with E-state index in [2.05, 4.69) is 26.6 Å². The summed E-state index contributed by atoms with van der Waals surface area (Å²) < 4.78 is 0.787. The standard InChI is InChI=1S/C15H18BrN3O3/c1-3-19-8-10(6-14(19)21)15(22)18-13-7-11(16)4-5-12(13)17-9(2)20/h4-5,7,10H,3,6,8H2,1-2H3,(H,17,20)(H,18,22). The van der Waals surface area contributed by atoms with Crippen LogP contribution in [0.3, 0.4) is 0 Å². The van der Waals surface area contributed by atoms with Gasteiger partial charge in [0.25, 0.3) is 0 Å². The van der Waals surface area contributed by atoms with Crippen molar-refractivity contribution in [2.75, 3.05) is 23.7 Å². The van der Waals surface area contributed by atoms with E-state index >= 15 is 0 Å². The van der Waals surface area contributed by atoms with Crippen molar-refractivity contribution in [1.29, 1.82) is 0 Å². The zero-order chi connectivity index (χ0) is 16.3. The molecule has 118 valence electrons. The molecule has 1 aliphatic rings. The lowest BCUT2D eigenvalue weighted by Crippen LogP contribution is -2.28. The Morgan fingerprint density at radius 3 is 2.64 bits per heavy atom. The fraction of sp³-hybridized carbons (Fsp3) is 0.400. The first-order chi connectivity index (χ1) is 10.4. The van der Waals surface area contributed by atoms with Crippen LogP contribution in [-0.2, 0) is 14.4 Å². The second-order valence-corrected chi connectivity index (χ2v) is 6.11. The lowest BCUT2D eigenvalue weighted by atomic mass is 10.1. The summed E-state index contributed by atoms with van der Waals surface area (Å²) in [7, 11) is 0. The molecule has 0 aromatic heterocycles. The molecule has 2 rings (SSSR count). The predicted molar refractivity (Wildman–Crippen MR) is 87.4 cm³/mol. The van der Waals surface area contributed by atoms with Gasteiger partial charge in [0.2, 0.25) is 17.7 Å². The summed E-state index contributed by atoms with van der Waals surface area (Å²) in [5.74, 6) is -0.796. The maximum atomic E-state index is 12.4. The molecule has 1 aliphatic heterocycles. The number of carbonyl (C=O) groups excluding carboxylic acids is 3. The quantitative estimate of drug-likeness (QED) is 0.856. The Balaban J connectivity index is 2.13. The number of halogens is 1. The van der Waals surface area contributed by atoms with Crippen LogP contribution in [0.2, 0.25) is 0 Å². The van der Waals surface area contributed by atoms with Crippen molar-refractivity contribution >= 4 is 45.0 Å². The monoisotopic (exact) mass is 367 g/mol. The van der Waals surface area contributed by atoms with E-state index in [1.54, 1.807) is 23.1 Å². The second-order valence-electron chi connectivity index (χ2n) is 5.19. The van der Waals surface area contributed by atoms with Gasteiger partial charge in [0.1, 0.15) is 0 Å². The Kier molecular flexibility index (Phi) is 5.18. The van der Waals surface area contributed by atoms with Gasteiger partial charge < -0.3 is 15.5 Å². The predicted octanol–water partition coefficient (Wildman–Crippen LogP) is 2.21. The number of nitrogens with one attached hydrogen (secondary N) is 2. The Morgan fingerprint density at radius 1 is 1.32 bits per heavy atom. The van der Waals surface area contributed by atoms with Crippen LogP contribution < -0.4 is 10.6 Å². The average molecular weight is 368 g/mol. The highest BCUT2D eigenvalue weighted by molar-refractivity contribution is 9.10. The van der Waals surface area contributed by atoms with Crippen molar-refractivity contribution in [3.63, 3.8) is 0 Å². The molecule has 0 saturated carbocycles. The van der Waals surface area contributed by atoms with Gasteiger partial charge in [0.15, 0.2) is 0 Å². The third-order valence-corrected chi connectivity index (χ3v) is 4.01. The first-order valence-electron chi connectivity index (χ1n) is 7.06. The van der Waals surface area contributed by atoms with E-state index in [1.165, 1.54) is 6.92 Å². The van der Waals surface area contributed by atoms with E-state index in [1.807, 2.05) is 6.92 Å². The fourth-order valence-electron chi connectivity index (χ4n) is 2.41. The molecule has 1 heterocycles. The molecule has 0 radical (unpaired) electrons. The number of nitrogens with zero attached hydrogens (tertiary/aromatic N) is 1. The lowest BCUT2D eigenvalue weighted by molar-refractivity contribution is -0.128. The van der Waals surface area contributed by atoms with E-state index in [9.17, 15) is 14.4 Å². The van der Waals surface area contributed by atoms with E-state index in [0.717, 1.165) is 4.47 Å². The van der Waals surface area contributed by atoms with Gasteiger partial charge in [-0.3, -0.25) is 14.4 Å². The minimum absolute atomic E-state index is 0.000948. The highest BCUT2D eigenvalue weighted by Crippen LogP contribution is 2.28. The molecule has 1 aromatic carbocycles. The Hall–Kier alpha value is -1.89. The highest BCUT2D eigenvalue weighted by Gasteiger charge is 2.33. The molecule has 1 atom stereocenters. The summed E-state index contributed by atoms with van der Waals surface area (Å²) in [5, 5.41) is 5.47. The lowest BCUT2D eigenvalue weighted by Gasteiger charge is -2.15. The Bertz CT molecular complexity index is 618. The van der Waals surface area contributed by atoms with Crippen LogP contribution >= 0.6 is 15.9 Å². The molecule has 6 nitrogen and oxygen atoms in total. The fourth-order valence-corrected chi connectivity index (χ4v) is 2.77. The van der Waals surface area contributed by atoms with E-state index in [-0.39, 0.29) is 30.1 Å². The molecule has 3 amide bonds. The Morgan fingerprint density at radius 2 is 2.05 bits per heavy atom. The molecule has 22 heavy (non-hydrogen) atoms. The van der Waals surface area contributed by atoms with Crippen molar-refractivity contribution < 1.29 is 14.4 Å². The first-order valence-corrected chi connectivity index (χ1v) is 7.85. The van der Waals surface area contributed by atoms with Gasteiger partial charge in [-0.25, -0.2) is 0 Å². The summed E-state index contributed by atoms with van der Waals surface area (Å²) in [6.45, 7) is 4.34. The van der Waals surface area contributed by atoms with Gasteiger partial charge in [-0.05, 0) is 25.1 Å². The van der Waals surface area contributed by atoms with Crippen LogP contribution in [-0.4, -0.2) is 35.7 Å². The van der Waals surface area contributed by atoms with E-state index in [4.69, 9.17) is 0 Å². The van der Waals surface area contributed by atoms with Crippen LogP contribution in [0.4, 0.5) is 11.4 Å². The topological polar surface area (TPSA) is 78.5 Å². The average Bonchev–Trinajstić information content (AvgIpc) is 2.82. The van der Waals surface area contributed by atoms with E-state index < -0.39 is 0 Å². The molecular formula is C15H18BrN3O3. The van der Waals surface area contributed by atoms with Crippen LogP contribution in [0.1, 0.15) is 20.3 Å². The number of amides is 3. The summed E-state index contributed by atoms with van der Waals surface area (Å²) in [6.07, 6.45) is 0.225. The van der Waals surface area contributed by atoms with E-state index in [0.29, 0.717) is 24.5 Å². The molecule has 0 aliphatic carbocycles. The minimum Gasteiger partial charge on any atom is -0.342 e. The summed E-state index contributed by atoms with van der Waals surface area (Å²) >= 11 is 3.34. The number of likely N-dealkylation sites (tertiary alicyclic amines) is 1. The van der Waals surface area contributed by atoms with Crippen molar-refractivity contribution in [1.82, 2.24) is 4.90 Å². The third-order valence-electron chi connectivity index (χ3n) is 3.52. The van der Waals surface area contributed by atoms with Crippen molar-refractivity contribution in [2.24, 2.45) is 5.92 Å². The van der Waals surface area contributed by atoms with Gasteiger partial charge >= 0.3 is 0 Å². The number of rotatable bonds is 4. The molecule has 1 unspecified atom stereocenters. The van der Waals surface area contributed by atoms with Gasteiger partial charge in [-0.1, -0.05) is 15.9 Å². The van der Waals surface area contributed by atoms with Crippen LogP contribution in [0, 0.1) is 5.92 Å². The number of carbonyl (C=O) groups is 3. The van der Waals surface area contributed by atoms with Gasteiger partial charge in [0.05, 0.1) is 17.3 Å². The maximum Gasteiger partial charge on any atom is 0.229 e. The molecule has 0 bridgehead atoms. The zero-order valence-corrected chi connectivity index (χ0v) is 14.1. The normalized spacial score (nSPS) is 17.5. The highest BCUT2D eigenvalue weighted by atomic mass is 79.9. The summed E-state index contributed by atoms with van der Waals surface area (Å²) in [5.41, 5.74) is 1.04. The van der Waals surface area contributed by atoms with Crippen molar-refractivity contribution in [3.8, 4) is 0 Å². The third kappa shape index (κ3) is 3.85. The minimum atomic E-state index is -0.364. The summed E-state index contributed by atoms with van der Waals surface area (Å²) in [6, 6.07) is 5.20. The van der Waals surface area contributed by atoms with Gasteiger partial charge in [-0.2, -0.15) is 0 Å². The smallest absolute Gasteiger partial charge is 0.229 e.